The normalized spacial score (nSPS) is 10.8. The SMILES string of the molecule is CCCCOCCOCCOCCOc1cccc(C)c1. The summed E-state index contributed by atoms with van der Waals surface area (Å²) in [5, 5.41) is 0. The van der Waals surface area contributed by atoms with Gasteiger partial charge in [0.15, 0.2) is 0 Å². The van der Waals surface area contributed by atoms with Gasteiger partial charge in [0, 0.05) is 6.61 Å². The molecular weight excluding hydrogens is 268 g/mol. The molecule has 21 heavy (non-hydrogen) atoms. The molecule has 0 spiro atoms. The molecule has 0 heterocycles. The van der Waals surface area contributed by atoms with Crippen molar-refractivity contribution >= 4 is 0 Å². The predicted octanol–water partition coefficient (Wildman–Crippen LogP) is 3.22. The van der Waals surface area contributed by atoms with E-state index >= 15 is 0 Å². The van der Waals surface area contributed by atoms with Crippen molar-refractivity contribution in [1.82, 2.24) is 0 Å². The first-order valence-electron chi connectivity index (χ1n) is 7.75. The molecule has 0 radical (unpaired) electrons. The quantitative estimate of drug-likeness (QED) is 0.524. The van der Waals surface area contributed by atoms with Gasteiger partial charge in [0.2, 0.25) is 0 Å². The lowest BCUT2D eigenvalue weighted by Gasteiger charge is -2.08. The van der Waals surface area contributed by atoms with Crippen molar-refractivity contribution in [3.05, 3.63) is 29.8 Å². The molecule has 120 valence electrons. The zero-order chi connectivity index (χ0) is 15.2. The lowest BCUT2D eigenvalue weighted by atomic mass is 10.2. The van der Waals surface area contributed by atoms with Gasteiger partial charge in [-0.05, 0) is 31.0 Å². The Hall–Kier alpha value is -1.10. The molecule has 1 aromatic rings. The van der Waals surface area contributed by atoms with Crippen LogP contribution in [-0.4, -0.2) is 46.2 Å². The fourth-order valence-electron chi connectivity index (χ4n) is 1.71. The largest absolute Gasteiger partial charge is 0.491 e. The van der Waals surface area contributed by atoms with Crippen LogP contribution < -0.4 is 4.74 Å². The molecule has 0 aliphatic carbocycles. The van der Waals surface area contributed by atoms with Gasteiger partial charge in [0.25, 0.3) is 0 Å². The molecule has 4 heteroatoms. The van der Waals surface area contributed by atoms with Gasteiger partial charge in [0.05, 0.1) is 33.0 Å². The van der Waals surface area contributed by atoms with E-state index in [4.69, 9.17) is 18.9 Å². The summed E-state index contributed by atoms with van der Waals surface area (Å²) in [6.07, 6.45) is 2.28. The first-order chi connectivity index (χ1) is 10.3. The molecule has 4 nitrogen and oxygen atoms in total. The minimum Gasteiger partial charge on any atom is -0.491 e. The highest BCUT2D eigenvalue weighted by Gasteiger charge is 1.95. The van der Waals surface area contributed by atoms with Crippen LogP contribution in [0.25, 0.3) is 0 Å². The zero-order valence-electron chi connectivity index (χ0n) is 13.3. The topological polar surface area (TPSA) is 36.9 Å². The van der Waals surface area contributed by atoms with Crippen molar-refractivity contribution in [2.24, 2.45) is 0 Å². The average Bonchev–Trinajstić information content (AvgIpc) is 2.48. The van der Waals surface area contributed by atoms with Gasteiger partial charge in [-0.2, -0.15) is 0 Å². The Labute approximate surface area is 128 Å². The molecule has 0 aromatic heterocycles. The van der Waals surface area contributed by atoms with Gasteiger partial charge in [-0.15, -0.1) is 0 Å². The molecule has 0 unspecified atom stereocenters. The predicted molar refractivity (Wildman–Crippen MR) is 84.0 cm³/mol. The maximum absolute atomic E-state index is 5.58. The first-order valence-corrected chi connectivity index (χ1v) is 7.75. The van der Waals surface area contributed by atoms with Crippen LogP contribution in [0.5, 0.6) is 5.75 Å². The van der Waals surface area contributed by atoms with Crippen molar-refractivity contribution in [3.8, 4) is 5.75 Å². The van der Waals surface area contributed by atoms with Crippen molar-refractivity contribution in [3.63, 3.8) is 0 Å². The van der Waals surface area contributed by atoms with Crippen LogP contribution in [-0.2, 0) is 14.2 Å². The summed E-state index contributed by atoms with van der Waals surface area (Å²) < 4.78 is 21.8. The molecule has 1 aromatic carbocycles. The van der Waals surface area contributed by atoms with Crippen LogP contribution in [0.3, 0.4) is 0 Å². The second-order valence-corrected chi connectivity index (χ2v) is 4.86. The summed E-state index contributed by atoms with van der Waals surface area (Å²) in [4.78, 5) is 0. The summed E-state index contributed by atoms with van der Waals surface area (Å²) >= 11 is 0. The highest BCUT2D eigenvalue weighted by atomic mass is 16.6. The van der Waals surface area contributed by atoms with Crippen LogP contribution in [0, 0.1) is 6.92 Å². The minimum absolute atomic E-state index is 0.559. The van der Waals surface area contributed by atoms with E-state index in [-0.39, 0.29) is 0 Å². The Morgan fingerprint density at radius 1 is 0.810 bits per heavy atom. The standard InChI is InChI=1S/C17H28O4/c1-3-4-8-18-9-10-19-11-12-20-13-14-21-17-7-5-6-16(2)15-17/h5-7,15H,3-4,8-14H2,1-2H3. The van der Waals surface area contributed by atoms with Gasteiger partial charge >= 0.3 is 0 Å². The number of hydrogen-bond acceptors (Lipinski definition) is 4. The van der Waals surface area contributed by atoms with E-state index in [9.17, 15) is 0 Å². The van der Waals surface area contributed by atoms with Gasteiger partial charge in [-0.1, -0.05) is 25.5 Å². The Morgan fingerprint density at radius 2 is 1.43 bits per heavy atom. The Balaban J connectivity index is 1.82. The molecule has 0 atom stereocenters. The summed E-state index contributed by atoms with van der Waals surface area (Å²) in [7, 11) is 0. The zero-order valence-corrected chi connectivity index (χ0v) is 13.3. The number of unbranched alkanes of at least 4 members (excludes halogenated alkanes) is 1. The van der Waals surface area contributed by atoms with Crippen LogP contribution in [0.1, 0.15) is 25.3 Å². The van der Waals surface area contributed by atoms with Gasteiger partial charge < -0.3 is 18.9 Å². The van der Waals surface area contributed by atoms with E-state index in [2.05, 4.69) is 6.92 Å². The maximum atomic E-state index is 5.58. The van der Waals surface area contributed by atoms with Crippen LogP contribution in [0.15, 0.2) is 24.3 Å². The average molecular weight is 296 g/mol. The summed E-state index contributed by atoms with van der Waals surface area (Å²) in [6.45, 7) is 8.64. The minimum atomic E-state index is 0.559. The van der Waals surface area contributed by atoms with Gasteiger partial charge in [-0.3, -0.25) is 0 Å². The highest BCUT2D eigenvalue weighted by Crippen LogP contribution is 2.11. The molecule has 0 N–H and O–H groups in total. The third-order valence-corrected chi connectivity index (χ3v) is 2.87. The third-order valence-electron chi connectivity index (χ3n) is 2.87. The van der Waals surface area contributed by atoms with E-state index in [1.165, 1.54) is 12.0 Å². The van der Waals surface area contributed by atoms with E-state index in [0.29, 0.717) is 39.6 Å². The number of rotatable bonds is 13. The number of hydrogen-bond donors (Lipinski definition) is 0. The van der Waals surface area contributed by atoms with Crippen molar-refractivity contribution in [2.75, 3.05) is 46.2 Å². The van der Waals surface area contributed by atoms with Crippen molar-refractivity contribution in [1.29, 1.82) is 0 Å². The molecule has 0 saturated carbocycles. The van der Waals surface area contributed by atoms with Crippen LogP contribution in [0.4, 0.5) is 0 Å². The van der Waals surface area contributed by atoms with Crippen LogP contribution >= 0.6 is 0 Å². The second-order valence-electron chi connectivity index (χ2n) is 4.86. The number of ether oxygens (including phenoxy) is 4. The van der Waals surface area contributed by atoms with Gasteiger partial charge in [-0.25, -0.2) is 0 Å². The lowest BCUT2D eigenvalue weighted by Crippen LogP contribution is -2.12. The van der Waals surface area contributed by atoms with E-state index in [1.54, 1.807) is 0 Å². The number of benzene rings is 1. The maximum Gasteiger partial charge on any atom is 0.119 e. The molecule has 0 aliphatic heterocycles. The van der Waals surface area contributed by atoms with E-state index in [1.807, 2.05) is 31.2 Å². The highest BCUT2D eigenvalue weighted by molar-refractivity contribution is 5.27. The molecule has 1 rings (SSSR count). The van der Waals surface area contributed by atoms with E-state index < -0.39 is 0 Å². The Kier molecular flexibility index (Phi) is 10.8. The summed E-state index contributed by atoms with van der Waals surface area (Å²) in [5.41, 5.74) is 1.20. The Bertz CT molecular complexity index is 354. The molecule has 0 bridgehead atoms. The Morgan fingerprint density at radius 3 is 2.05 bits per heavy atom. The smallest absolute Gasteiger partial charge is 0.119 e. The monoisotopic (exact) mass is 296 g/mol. The third kappa shape index (κ3) is 10.3. The van der Waals surface area contributed by atoms with Crippen molar-refractivity contribution < 1.29 is 18.9 Å². The molecule has 0 aliphatic rings. The summed E-state index contributed by atoms with van der Waals surface area (Å²) in [5.74, 6) is 0.888. The fraction of sp³-hybridized carbons (Fsp3) is 0.647. The van der Waals surface area contributed by atoms with Crippen molar-refractivity contribution in [2.45, 2.75) is 26.7 Å². The molecule has 0 fully saturated rings. The molecule has 0 amide bonds. The second kappa shape index (κ2) is 12.6. The first kappa shape index (κ1) is 18.0. The fourth-order valence-corrected chi connectivity index (χ4v) is 1.71. The summed E-state index contributed by atoms with van der Waals surface area (Å²) in [6, 6.07) is 8.00. The van der Waals surface area contributed by atoms with Crippen LogP contribution in [0.2, 0.25) is 0 Å². The van der Waals surface area contributed by atoms with Gasteiger partial charge in [0.1, 0.15) is 12.4 Å². The molecule has 0 saturated heterocycles. The van der Waals surface area contributed by atoms with E-state index in [0.717, 1.165) is 18.8 Å². The number of aryl methyl sites for hydroxylation is 1. The lowest BCUT2D eigenvalue weighted by molar-refractivity contribution is 0.00895. The molecular formula is C17H28O4.